The topological polar surface area (TPSA) is 66.4 Å². The molecule has 0 fully saturated rings. The van der Waals surface area contributed by atoms with E-state index in [0.717, 1.165) is 0 Å². The van der Waals surface area contributed by atoms with Crippen molar-refractivity contribution < 1.29 is 36.6 Å². The second-order valence-electron chi connectivity index (χ2n) is 3.09. The van der Waals surface area contributed by atoms with Gasteiger partial charge in [-0.3, -0.25) is 4.79 Å². The van der Waals surface area contributed by atoms with Crippen molar-refractivity contribution in [1.82, 2.24) is 5.32 Å². The van der Waals surface area contributed by atoms with Gasteiger partial charge in [0, 0.05) is 12.3 Å². The monoisotopic (exact) mass is 281 g/mol. The molecule has 0 saturated carbocycles. The summed E-state index contributed by atoms with van der Waals surface area (Å²) in [4.78, 5) is 21.2. The number of nitrogens with one attached hydrogen (secondary N) is 1. The van der Waals surface area contributed by atoms with Gasteiger partial charge in [-0.05, 0) is 0 Å². The molecule has 1 aromatic rings. The van der Waals surface area contributed by atoms with Crippen molar-refractivity contribution in [1.29, 1.82) is 0 Å². The summed E-state index contributed by atoms with van der Waals surface area (Å²) in [6, 6.07) is 0. The maximum atomic E-state index is 13.1. The SMILES string of the molecule is O=C(O)C=CNC(=O)c1c(F)c(F)c(F)c(F)c1F. The van der Waals surface area contributed by atoms with Crippen LogP contribution in [-0.4, -0.2) is 17.0 Å². The fraction of sp³-hybridized carbons (Fsp3) is 0. The minimum absolute atomic E-state index is 0.393. The lowest BCUT2D eigenvalue weighted by Gasteiger charge is -2.06. The van der Waals surface area contributed by atoms with Crippen molar-refractivity contribution in [2.45, 2.75) is 0 Å². The Labute approximate surface area is 102 Å². The van der Waals surface area contributed by atoms with Gasteiger partial charge < -0.3 is 10.4 Å². The lowest BCUT2D eigenvalue weighted by atomic mass is 10.1. The third-order valence-corrected chi connectivity index (χ3v) is 1.88. The fourth-order valence-electron chi connectivity index (χ4n) is 1.07. The number of hydrogen-bond donors (Lipinski definition) is 2. The molecule has 2 N–H and O–H groups in total. The molecule has 0 aliphatic carbocycles. The highest BCUT2D eigenvalue weighted by Crippen LogP contribution is 2.22. The first-order chi connectivity index (χ1) is 8.77. The zero-order valence-corrected chi connectivity index (χ0v) is 8.81. The van der Waals surface area contributed by atoms with Crippen LogP contribution in [0.1, 0.15) is 10.4 Å². The van der Waals surface area contributed by atoms with Crippen LogP contribution in [0.25, 0.3) is 0 Å². The lowest BCUT2D eigenvalue weighted by Crippen LogP contribution is -2.23. The first kappa shape index (κ1) is 14.6. The summed E-state index contributed by atoms with van der Waals surface area (Å²) < 4.78 is 64.4. The van der Waals surface area contributed by atoms with Gasteiger partial charge >= 0.3 is 5.97 Å². The Morgan fingerprint density at radius 2 is 1.32 bits per heavy atom. The Kier molecular flexibility index (Phi) is 4.20. The molecule has 19 heavy (non-hydrogen) atoms. The van der Waals surface area contributed by atoms with E-state index in [1.807, 2.05) is 0 Å². The number of halogens is 5. The highest BCUT2D eigenvalue weighted by atomic mass is 19.2. The van der Waals surface area contributed by atoms with E-state index < -0.39 is 46.5 Å². The molecule has 1 rings (SSSR count). The number of aliphatic carboxylic acids is 1. The average Bonchev–Trinajstić information content (AvgIpc) is 2.34. The molecule has 0 aliphatic heterocycles. The van der Waals surface area contributed by atoms with Gasteiger partial charge in [-0.2, -0.15) is 0 Å². The van der Waals surface area contributed by atoms with Crippen molar-refractivity contribution >= 4 is 11.9 Å². The van der Waals surface area contributed by atoms with E-state index in [9.17, 15) is 31.5 Å². The summed E-state index contributed by atoms with van der Waals surface area (Å²) in [5.41, 5.74) is -1.70. The molecule has 102 valence electrons. The molecule has 0 heterocycles. The van der Waals surface area contributed by atoms with E-state index in [0.29, 0.717) is 12.3 Å². The second-order valence-corrected chi connectivity index (χ2v) is 3.09. The van der Waals surface area contributed by atoms with Gasteiger partial charge in [0.25, 0.3) is 5.91 Å². The number of rotatable bonds is 3. The maximum Gasteiger partial charge on any atom is 0.329 e. The molecular formula is C10H4F5NO3. The Morgan fingerprint density at radius 1 is 0.895 bits per heavy atom. The average molecular weight is 281 g/mol. The largest absolute Gasteiger partial charge is 0.478 e. The maximum absolute atomic E-state index is 13.1. The molecular weight excluding hydrogens is 277 g/mol. The zero-order valence-electron chi connectivity index (χ0n) is 8.81. The van der Waals surface area contributed by atoms with Crippen molar-refractivity contribution in [2.24, 2.45) is 0 Å². The van der Waals surface area contributed by atoms with Crippen LogP contribution < -0.4 is 5.32 Å². The molecule has 0 radical (unpaired) electrons. The molecule has 0 aromatic heterocycles. The standard InChI is InChI=1S/C10H4F5NO3/c11-5-4(10(19)16-2-1-3(17)18)6(12)8(14)9(15)7(5)13/h1-2H,(H,16,19)(H,17,18). The predicted octanol–water partition coefficient (Wildman–Crippen LogP) is 1.71. The number of carboxylic acid groups (broad SMARTS) is 1. The Balaban J connectivity index is 3.21. The van der Waals surface area contributed by atoms with E-state index >= 15 is 0 Å². The summed E-state index contributed by atoms with van der Waals surface area (Å²) in [5.74, 6) is -14.7. The van der Waals surface area contributed by atoms with Gasteiger partial charge in [0.15, 0.2) is 23.3 Å². The number of hydrogen-bond acceptors (Lipinski definition) is 2. The van der Waals surface area contributed by atoms with Gasteiger partial charge in [0.05, 0.1) is 0 Å². The highest BCUT2D eigenvalue weighted by molar-refractivity contribution is 5.96. The van der Waals surface area contributed by atoms with Crippen molar-refractivity contribution in [2.75, 3.05) is 0 Å². The minimum atomic E-state index is -2.40. The normalized spacial score (nSPS) is 10.8. The molecule has 0 spiro atoms. The third kappa shape index (κ3) is 2.87. The van der Waals surface area contributed by atoms with Crippen LogP contribution in [0.4, 0.5) is 22.0 Å². The van der Waals surface area contributed by atoms with Crippen LogP contribution in [0, 0.1) is 29.1 Å². The molecule has 0 atom stereocenters. The van der Waals surface area contributed by atoms with Crippen LogP contribution in [0.15, 0.2) is 12.3 Å². The Bertz CT molecular complexity index is 556. The van der Waals surface area contributed by atoms with Gasteiger partial charge in [0.1, 0.15) is 5.56 Å². The number of carbonyl (C=O) groups is 2. The number of carbonyl (C=O) groups excluding carboxylic acids is 1. The van der Waals surface area contributed by atoms with Crippen molar-refractivity contribution in [3.05, 3.63) is 46.9 Å². The molecule has 1 aromatic carbocycles. The molecule has 0 bridgehead atoms. The van der Waals surface area contributed by atoms with E-state index in [4.69, 9.17) is 5.11 Å². The van der Waals surface area contributed by atoms with Crippen molar-refractivity contribution in [3.8, 4) is 0 Å². The predicted molar refractivity (Wildman–Crippen MR) is 50.5 cm³/mol. The summed E-state index contributed by atoms with van der Waals surface area (Å²) >= 11 is 0. The van der Waals surface area contributed by atoms with E-state index in [1.165, 1.54) is 0 Å². The molecule has 0 saturated heterocycles. The fourth-order valence-corrected chi connectivity index (χ4v) is 1.07. The first-order valence-corrected chi connectivity index (χ1v) is 4.49. The first-order valence-electron chi connectivity index (χ1n) is 4.49. The lowest BCUT2D eigenvalue weighted by molar-refractivity contribution is -0.131. The summed E-state index contributed by atoms with van der Waals surface area (Å²) in [7, 11) is 0. The van der Waals surface area contributed by atoms with Crippen LogP contribution >= 0.6 is 0 Å². The van der Waals surface area contributed by atoms with E-state index in [-0.39, 0.29) is 0 Å². The van der Waals surface area contributed by atoms with Gasteiger partial charge in [0.2, 0.25) is 5.82 Å². The minimum Gasteiger partial charge on any atom is -0.478 e. The number of benzene rings is 1. The molecule has 1 amide bonds. The van der Waals surface area contributed by atoms with Crippen LogP contribution in [0.2, 0.25) is 0 Å². The second kappa shape index (κ2) is 5.46. The van der Waals surface area contributed by atoms with Gasteiger partial charge in [-0.1, -0.05) is 0 Å². The smallest absolute Gasteiger partial charge is 0.329 e. The molecule has 4 nitrogen and oxygen atoms in total. The summed E-state index contributed by atoms with van der Waals surface area (Å²) in [6.07, 6.45) is 0.868. The molecule has 0 aliphatic rings. The Hall–Kier alpha value is -2.45. The van der Waals surface area contributed by atoms with Gasteiger partial charge in [-0.25, -0.2) is 26.7 Å². The molecule has 0 unspecified atom stereocenters. The van der Waals surface area contributed by atoms with Crippen LogP contribution in [-0.2, 0) is 4.79 Å². The number of amides is 1. The van der Waals surface area contributed by atoms with Crippen molar-refractivity contribution in [3.63, 3.8) is 0 Å². The highest BCUT2D eigenvalue weighted by Gasteiger charge is 2.29. The summed E-state index contributed by atoms with van der Waals surface area (Å²) in [6.45, 7) is 0. The quantitative estimate of drug-likeness (QED) is 0.383. The van der Waals surface area contributed by atoms with E-state index in [2.05, 4.69) is 0 Å². The number of carboxylic acids is 1. The third-order valence-electron chi connectivity index (χ3n) is 1.88. The molecule has 9 heteroatoms. The van der Waals surface area contributed by atoms with Crippen LogP contribution in [0.3, 0.4) is 0 Å². The van der Waals surface area contributed by atoms with Crippen LogP contribution in [0.5, 0.6) is 0 Å². The van der Waals surface area contributed by atoms with Gasteiger partial charge in [-0.15, -0.1) is 0 Å². The Morgan fingerprint density at radius 3 is 1.74 bits per heavy atom. The van der Waals surface area contributed by atoms with E-state index in [1.54, 1.807) is 5.32 Å². The zero-order chi connectivity index (χ0) is 14.7. The summed E-state index contributed by atoms with van der Waals surface area (Å²) in [5, 5.41) is 9.72.